The molecule has 0 aromatic heterocycles. The second kappa shape index (κ2) is 8.49. The summed E-state index contributed by atoms with van der Waals surface area (Å²) in [5, 5.41) is 5.65. The molecule has 6 heteroatoms. The lowest BCUT2D eigenvalue weighted by Crippen LogP contribution is -2.27. The molecule has 1 atom stereocenters. The highest BCUT2D eigenvalue weighted by molar-refractivity contribution is 6.06. The molecule has 0 aliphatic carbocycles. The first-order valence-electron chi connectivity index (χ1n) is 8.73. The molecule has 2 aromatic carbocycles. The van der Waals surface area contributed by atoms with Gasteiger partial charge in [-0.15, -0.1) is 0 Å². The van der Waals surface area contributed by atoms with Crippen LogP contribution in [0.4, 0.5) is 11.4 Å². The highest BCUT2D eigenvalue weighted by Crippen LogP contribution is 2.24. The van der Waals surface area contributed by atoms with E-state index in [2.05, 4.69) is 10.6 Å². The molecule has 6 nitrogen and oxygen atoms in total. The number of carbonyl (C=O) groups excluding carboxylic acids is 2. The van der Waals surface area contributed by atoms with Crippen LogP contribution in [0, 0.1) is 0 Å². The predicted molar refractivity (Wildman–Crippen MR) is 99.6 cm³/mol. The molecular formula is C20H22N2O4. The average Bonchev–Trinajstić information content (AvgIpc) is 3.19. The quantitative estimate of drug-likeness (QED) is 0.833. The number of para-hydroxylation sites is 2. The molecule has 2 N–H and O–H groups in total. The van der Waals surface area contributed by atoms with Crippen molar-refractivity contribution in [3.05, 3.63) is 54.1 Å². The van der Waals surface area contributed by atoms with Crippen LogP contribution in [-0.2, 0) is 9.53 Å². The number of carbonyl (C=O) groups is 2. The molecular weight excluding hydrogens is 332 g/mol. The summed E-state index contributed by atoms with van der Waals surface area (Å²) in [5.41, 5.74) is 1.62. The Morgan fingerprint density at radius 2 is 2.00 bits per heavy atom. The molecule has 1 aliphatic heterocycles. The normalized spacial score (nSPS) is 16.1. The third kappa shape index (κ3) is 4.40. The fourth-order valence-corrected chi connectivity index (χ4v) is 2.79. The van der Waals surface area contributed by atoms with Crippen LogP contribution in [-0.4, -0.2) is 31.1 Å². The lowest BCUT2D eigenvalue weighted by Gasteiger charge is -2.13. The molecule has 0 unspecified atom stereocenters. The maximum atomic E-state index is 12.6. The fraction of sp³-hybridized carbons (Fsp3) is 0.300. The molecule has 1 saturated heterocycles. The van der Waals surface area contributed by atoms with Crippen molar-refractivity contribution in [3.8, 4) is 5.75 Å². The van der Waals surface area contributed by atoms with Gasteiger partial charge < -0.3 is 20.1 Å². The number of anilines is 2. The number of ether oxygens (including phenoxy) is 2. The van der Waals surface area contributed by atoms with Crippen LogP contribution in [0.3, 0.4) is 0 Å². The molecule has 0 spiro atoms. The Kier molecular flexibility index (Phi) is 5.86. The maximum absolute atomic E-state index is 12.6. The second-order valence-electron chi connectivity index (χ2n) is 5.96. The summed E-state index contributed by atoms with van der Waals surface area (Å²) in [6.07, 6.45) is 1.20. The number of nitrogens with one attached hydrogen (secondary N) is 2. The summed E-state index contributed by atoms with van der Waals surface area (Å²) < 4.78 is 10.9. The zero-order valence-corrected chi connectivity index (χ0v) is 14.7. The molecule has 1 heterocycles. The van der Waals surface area contributed by atoms with E-state index in [9.17, 15) is 9.59 Å². The minimum absolute atomic E-state index is 0.179. The summed E-state index contributed by atoms with van der Waals surface area (Å²) in [6, 6.07) is 14.1. The first-order chi connectivity index (χ1) is 12.7. The summed E-state index contributed by atoms with van der Waals surface area (Å²) in [6.45, 7) is 3.01. The highest BCUT2D eigenvalue weighted by Gasteiger charge is 2.23. The Labute approximate surface area is 152 Å². The topological polar surface area (TPSA) is 76.7 Å². The molecule has 1 fully saturated rings. The van der Waals surface area contributed by atoms with Crippen molar-refractivity contribution in [2.75, 3.05) is 23.8 Å². The van der Waals surface area contributed by atoms with E-state index < -0.39 is 6.10 Å². The minimum atomic E-state index is -0.412. The molecule has 0 radical (unpaired) electrons. The smallest absolute Gasteiger partial charge is 0.255 e. The van der Waals surface area contributed by atoms with Crippen molar-refractivity contribution in [2.45, 2.75) is 25.9 Å². The van der Waals surface area contributed by atoms with Crippen LogP contribution in [0.25, 0.3) is 0 Å². The summed E-state index contributed by atoms with van der Waals surface area (Å²) in [7, 11) is 0. The highest BCUT2D eigenvalue weighted by atomic mass is 16.5. The van der Waals surface area contributed by atoms with Gasteiger partial charge in [-0.05, 0) is 50.1 Å². The zero-order valence-electron chi connectivity index (χ0n) is 14.7. The van der Waals surface area contributed by atoms with Gasteiger partial charge in [0.25, 0.3) is 11.8 Å². The van der Waals surface area contributed by atoms with Gasteiger partial charge in [0.1, 0.15) is 11.9 Å². The van der Waals surface area contributed by atoms with Gasteiger partial charge in [0.2, 0.25) is 0 Å². The standard InChI is InChI=1S/C20H22N2O4/c1-2-25-17-10-4-3-9-16(17)22-19(23)14-7-5-8-15(13-14)21-20(24)18-11-6-12-26-18/h3-5,7-10,13,18H,2,6,11-12H2,1H3,(H,21,24)(H,22,23)/t18-/m0/s1. The van der Waals surface area contributed by atoms with E-state index in [4.69, 9.17) is 9.47 Å². The van der Waals surface area contributed by atoms with Gasteiger partial charge in [-0.1, -0.05) is 18.2 Å². The Bertz CT molecular complexity index is 785. The summed E-state index contributed by atoms with van der Waals surface area (Å²) in [5.74, 6) is 0.165. The van der Waals surface area contributed by atoms with E-state index in [1.165, 1.54) is 0 Å². The second-order valence-corrected chi connectivity index (χ2v) is 5.96. The molecule has 26 heavy (non-hydrogen) atoms. The minimum Gasteiger partial charge on any atom is -0.492 e. The molecule has 0 saturated carbocycles. The van der Waals surface area contributed by atoms with E-state index in [1.807, 2.05) is 19.1 Å². The number of hydrogen-bond acceptors (Lipinski definition) is 4. The fourth-order valence-electron chi connectivity index (χ4n) is 2.79. The lowest BCUT2D eigenvalue weighted by molar-refractivity contribution is -0.124. The first-order valence-corrected chi connectivity index (χ1v) is 8.73. The van der Waals surface area contributed by atoms with Gasteiger partial charge >= 0.3 is 0 Å². The average molecular weight is 354 g/mol. The van der Waals surface area contributed by atoms with Gasteiger partial charge in [0.05, 0.1) is 12.3 Å². The number of hydrogen-bond donors (Lipinski definition) is 2. The van der Waals surface area contributed by atoms with Crippen molar-refractivity contribution in [3.63, 3.8) is 0 Å². The van der Waals surface area contributed by atoms with Crippen LogP contribution in [0.5, 0.6) is 5.75 Å². The summed E-state index contributed by atoms with van der Waals surface area (Å²) in [4.78, 5) is 24.7. The first kappa shape index (κ1) is 17.9. The third-order valence-electron chi connectivity index (χ3n) is 4.05. The monoisotopic (exact) mass is 354 g/mol. The van der Waals surface area contributed by atoms with Crippen molar-refractivity contribution >= 4 is 23.2 Å². The van der Waals surface area contributed by atoms with Crippen molar-refractivity contribution in [1.29, 1.82) is 0 Å². The maximum Gasteiger partial charge on any atom is 0.255 e. The zero-order chi connectivity index (χ0) is 18.4. The number of amides is 2. The molecule has 2 aromatic rings. The number of benzene rings is 2. The van der Waals surface area contributed by atoms with Crippen molar-refractivity contribution in [2.24, 2.45) is 0 Å². The Morgan fingerprint density at radius 1 is 1.15 bits per heavy atom. The third-order valence-corrected chi connectivity index (χ3v) is 4.05. The van der Waals surface area contributed by atoms with Crippen LogP contribution in [0.2, 0.25) is 0 Å². The number of rotatable bonds is 6. The SMILES string of the molecule is CCOc1ccccc1NC(=O)c1cccc(NC(=O)[C@@H]2CCCO2)c1. The van der Waals surface area contributed by atoms with Crippen molar-refractivity contribution < 1.29 is 19.1 Å². The molecule has 136 valence electrons. The van der Waals surface area contributed by atoms with E-state index in [-0.39, 0.29) is 11.8 Å². The van der Waals surface area contributed by atoms with Crippen LogP contribution in [0.15, 0.2) is 48.5 Å². The van der Waals surface area contributed by atoms with E-state index >= 15 is 0 Å². The molecule has 0 bridgehead atoms. The van der Waals surface area contributed by atoms with Crippen LogP contribution < -0.4 is 15.4 Å². The van der Waals surface area contributed by atoms with Gasteiger partial charge in [-0.3, -0.25) is 9.59 Å². The van der Waals surface area contributed by atoms with E-state index in [0.717, 1.165) is 12.8 Å². The van der Waals surface area contributed by atoms with E-state index in [1.54, 1.807) is 36.4 Å². The Hall–Kier alpha value is -2.86. The van der Waals surface area contributed by atoms with Gasteiger partial charge in [-0.2, -0.15) is 0 Å². The predicted octanol–water partition coefficient (Wildman–Crippen LogP) is 3.46. The van der Waals surface area contributed by atoms with Crippen LogP contribution in [0.1, 0.15) is 30.1 Å². The van der Waals surface area contributed by atoms with Gasteiger partial charge in [-0.25, -0.2) is 0 Å². The van der Waals surface area contributed by atoms with E-state index in [0.29, 0.717) is 35.9 Å². The Morgan fingerprint density at radius 3 is 2.77 bits per heavy atom. The van der Waals surface area contributed by atoms with Crippen molar-refractivity contribution in [1.82, 2.24) is 0 Å². The Balaban J connectivity index is 1.69. The van der Waals surface area contributed by atoms with Crippen LogP contribution >= 0.6 is 0 Å². The lowest BCUT2D eigenvalue weighted by atomic mass is 10.1. The molecule has 2 amide bonds. The van der Waals surface area contributed by atoms with Gasteiger partial charge in [0, 0.05) is 17.9 Å². The molecule has 1 aliphatic rings. The summed E-state index contributed by atoms with van der Waals surface area (Å²) >= 11 is 0. The van der Waals surface area contributed by atoms with Gasteiger partial charge in [0.15, 0.2) is 0 Å². The largest absolute Gasteiger partial charge is 0.492 e. The molecule has 3 rings (SSSR count).